The zero-order valence-corrected chi connectivity index (χ0v) is 9.92. The first kappa shape index (κ1) is 11.7. The third-order valence-electron chi connectivity index (χ3n) is 2.16. The van der Waals surface area contributed by atoms with E-state index in [1.54, 1.807) is 0 Å². The molecule has 1 unspecified atom stereocenters. The highest BCUT2D eigenvalue weighted by atomic mass is 79.9. The van der Waals surface area contributed by atoms with Crippen LogP contribution < -0.4 is 5.32 Å². The molecule has 0 aromatic heterocycles. The number of benzene rings is 1. The first-order valence-electron chi connectivity index (χ1n) is 4.81. The standard InChI is InChI=1S/C11H16BrNO/c1-9(8-13-5-6-14)10-3-2-4-11(12)7-10/h2-4,7,9,13-14H,5-6,8H2,1H3. The van der Waals surface area contributed by atoms with Gasteiger partial charge in [0.25, 0.3) is 0 Å². The molecule has 0 aliphatic heterocycles. The highest BCUT2D eigenvalue weighted by Gasteiger charge is 2.04. The van der Waals surface area contributed by atoms with Gasteiger partial charge in [-0.05, 0) is 23.6 Å². The van der Waals surface area contributed by atoms with E-state index >= 15 is 0 Å². The number of rotatable bonds is 5. The van der Waals surface area contributed by atoms with Gasteiger partial charge in [0.05, 0.1) is 6.61 Å². The quantitative estimate of drug-likeness (QED) is 0.793. The second-order valence-corrected chi connectivity index (χ2v) is 4.30. The Kier molecular flexibility index (Phi) is 5.15. The van der Waals surface area contributed by atoms with Crippen LogP contribution in [0.3, 0.4) is 0 Å². The molecule has 0 aliphatic rings. The largest absolute Gasteiger partial charge is 0.395 e. The van der Waals surface area contributed by atoms with E-state index in [1.807, 2.05) is 12.1 Å². The summed E-state index contributed by atoms with van der Waals surface area (Å²) in [5.41, 5.74) is 1.31. The Hall–Kier alpha value is -0.380. The van der Waals surface area contributed by atoms with Gasteiger partial charge in [-0.1, -0.05) is 35.0 Å². The van der Waals surface area contributed by atoms with Crippen molar-refractivity contribution in [1.82, 2.24) is 5.32 Å². The van der Waals surface area contributed by atoms with E-state index in [0.29, 0.717) is 12.5 Å². The van der Waals surface area contributed by atoms with Crippen molar-refractivity contribution in [2.75, 3.05) is 19.7 Å². The van der Waals surface area contributed by atoms with Gasteiger partial charge in [-0.3, -0.25) is 0 Å². The fourth-order valence-electron chi connectivity index (χ4n) is 1.33. The predicted molar refractivity (Wildman–Crippen MR) is 62.5 cm³/mol. The minimum atomic E-state index is 0.200. The number of hydrogen-bond donors (Lipinski definition) is 2. The zero-order valence-electron chi connectivity index (χ0n) is 8.33. The molecule has 0 saturated heterocycles. The average molecular weight is 258 g/mol. The lowest BCUT2D eigenvalue weighted by Gasteiger charge is -2.12. The SMILES string of the molecule is CC(CNCCO)c1cccc(Br)c1. The van der Waals surface area contributed by atoms with E-state index in [4.69, 9.17) is 5.11 Å². The summed E-state index contributed by atoms with van der Waals surface area (Å²) >= 11 is 3.45. The number of halogens is 1. The molecule has 0 saturated carbocycles. The molecule has 3 heteroatoms. The molecule has 78 valence electrons. The van der Waals surface area contributed by atoms with Crippen LogP contribution in [0.1, 0.15) is 18.4 Å². The average Bonchev–Trinajstić information content (AvgIpc) is 2.18. The van der Waals surface area contributed by atoms with E-state index in [1.165, 1.54) is 5.56 Å². The molecule has 0 heterocycles. The van der Waals surface area contributed by atoms with Crippen LogP contribution in [0.25, 0.3) is 0 Å². The number of nitrogens with one attached hydrogen (secondary N) is 1. The molecule has 1 aromatic rings. The van der Waals surface area contributed by atoms with Crippen molar-refractivity contribution in [2.45, 2.75) is 12.8 Å². The van der Waals surface area contributed by atoms with Crippen LogP contribution in [-0.2, 0) is 0 Å². The third-order valence-corrected chi connectivity index (χ3v) is 2.65. The molecule has 1 rings (SSSR count). The molecule has 2 nitrogen and oxygen atoms in total. The molecular formula is C11H16BrNO. The minimum absolute atomic E-state index is 0.200. The molecule has 0 fully saturated rings. The van der Waals surface area contributed by atoms with E-state index < -0.39 is 0 Å². The summed E-state index contributed by atoms with van der Waals surface area (Å²) < 4.78 is 1.11. The topological polar surface area (TPSA) is 32.3 Å². The van der Waals surface area contributed by atoms with Crippen LogP contribution in [0.5, 0.6) is 0 Å². The molecule has 0 radical (unpaired) electrons. The lowest BCUT2D eigenvalue weighted by molar-refractivity contribution is 0.291. The maximum atomic E-state index is 8.62. The second-order valence-electron chi connectivity index (χ2n) is 3.38. The smallest absolute Gasteiger partial charge is 0.0555 e. The van der Waals surface area contributed by atoms with Crippen molar-refractivity contribution >= 4 is 15.9 Å². The fourth-order valence-corrected chi connectivity index (χ4v) is 1.75. The van der Waals surface area contributed by atoms with Crippen molar-refractivity contribution in [1.29, 1.82) is 0 Å². The highest BCUT2D eigenvalue weighted by molar-refractivity contribution is 9.10. The van der Waals surface area contributed by atoms with E-state index in [2.05, 4.69) is 40.3 Å². The zero-order chi connectivity index (χ0) is 10.4. The normalized spacial score (nSPS) is 12.8. The Bertz CT molecular complexity index is 278. The van der Waals surface area contributed by atoms with Gasteiger partial charge < -0.3 is 10.4 Å². The van der Waals surface area contributed by atoms with Crippen LogP contribution in [0.2, 0.25) is 0 Å². The van der Waals surface area contributed by atoms with Gasteiger partial charge in [0, 0.05) is 17.6 Å². The fraction of sp³-hybridized carbons (Fsp3) is 0.455. The van der Waals surface area contributed by atoms with Gasteiger partial charge >= 0.3 is 0 Å². The van der Waals surface area contributed by atoms with E-state index in [0.717, 1.165) is 11.0 Å². The van der Waals surface area contributed by atoms with Crippen LogP contribution in [0.4, 0.5) is 0 Å². The number of aliphatic hydroxyl groups is 1. The van der Waals surface area contributed by atoms with Gasteiger partial charge in [0.1, 0.15) is 0 Å². The lowest BCUT2D eigenvalue weighted by atomic mass is 10.0. The molecular weight excluding hydrogens is 242 g/mol. The molecule has 0 spiro atoms. The van der Waals surface area contributed by atoms with Gasteiger partial charge in [0.15, 0.2) is 0 Å². The number of hydrogen-bond acceptors (Lipinski definition) is 2. The summed E-state index contributed by atoms with van der Waals surface area (Å²) in [6, 6.07) is 8.32. The van der Waals surface area contributed by atoms with Crippen LogP contribution in [-0.4, -0.2) is 24.8 Å². The Morgan fingerprint density at radius 2 is 2.29 bits per heavy atom. The summed E-state index contributed by atoms with van der Waals surface area (Å²) in [4.78, 5) is 0. The second kappa shape index (κ2) is 6.17. The first-order valence-corrected chi connectivity index (χ1v) is 5.60. The lowest BCUT2D eigenvalue weighted by Crippen LogP contribution is -2.23. The van der Waals surface area contributed by atoms with Crippen molar-refractivity contribution < 1.29 is 5.11 Å². The Morgan fingerprint density at radius 3 is 2.93 bits per heavy atom. The van der Waals surface area contributed by atoms with Gasteiger partial charge in [-0.2, -0.15) is 0 Å². The summed E-state index contributed by atoms with van der Waals surface area (Å²) in [5, 5.41) is 11.8. The molecule has 14 heavy (non-hydrogen) atoms. The van der Waals surface area contributed by atoms with Crippen molar-refractivity contribution in [2.24, 2.45) is 0 Å². The molecule has 0 amide bonds. The summed E-state index contributed by atoms with van der Waals surface area (Å²) in [5.74, 6) is 0.471. The van der Waals surface area contributed by atoms with Gasteiger partial charge in [0.2, 0.25) is 0 Å². The molecule has 2 N–H and O–H groups in total. The minimum Gasteiger partial charge on any atom is -0.395 e. The molecule has 0 aliphatic carbocycles. The third kappa shape index (κ3) is 3.78. The van der Waals surface area contributed by atoms with Crippen LogP contribution >= 0.6 is 15.9 Å². The van der Waals surface area contributed by atoms with Gasteiger partial charge in [-0.25, -0.2) is 0 Å². The summed E-state index contributed by atoms with van der Waals surface area (Å²) in [7, 11) is 0. The van der Waals surface area contributed by atoms with Crippen molar-refractivity contribution in [3.05, 3.63) is 34.3 Å². The molecule has 1 atom stereocenters. The maximum absolute atomic E-state index is 8.62. The van der Waals surface area contributed by atoms with E-state index in [-0.39, 0.29) is 6.61 Å². The van der Waals surface area contributed by atoms with Gasteiger partial charge in [-0.15, -0.1) is 0 Å². The number of aliphatic hydroxyl groups excluding tert-OH is 1. The summed E-state index contributed by atoms with van der Waals surface area (Å²) in [6.45, 7) is 3.94. The van der Waals surface area contributed by atoms with E-state index in [9.17, 15) is 0 Å². The highest BCUT2D eigenvalue weighted by Crippen LogP contribution is 2.18. The van der Waals surface area contributed by atoms with Crippen LogP contribution in [0.15, 0.2) is 28.7 Å². The molecule has 1 aromatic carbocycles. The Labute approximate surface area is 93.5 Å². The van der Waals surface area contributed by atoms with Crippen molar-refractivity contribution in [3.63, 3.8) is 0 Å². The molecule has 0 bridgehead atoms. The van der Waals surface area contributed by atoms with Crippen LogP contribution in [0, 0.1) is 0 Å². The Balaban J connectivity index is 2.47. The first-order chi connectivity index (χ1) is 6.74. The monoisotopic (exact) mass is 257 g/mol. The summed E-state index contributed by atoms with van der Waals surface area (Å²) in [6.07, 6.45) is 0. The van der Waals surface area contributed by atoms with Crippen molar-refractivity contribution in [3.8, 4) is 0 Å². The predicted octanol–water partition coefficient (Wildman–Crippen LogP) is 2.13. The maximum Gasteiger partial charge on any atom is 0.0555 e. The Morgan fingerprint density at radius 1 is 1.50 bits per heavy atom.